The van der Waals surface area contributed by atoms with Crippen LogP contribution in [-0.2, 0) is 0 Å². The fraction of sp³-hybridized carbons (Fsp3) is 0.250. The van der Waals surface area contributed by atoms with E-state index in [-0.39, 0.29) is 11.9 Å². The molecule has 0 spiro atoms. The molecule has 0 aliphatic heterocycles. The Morgan fingerprint density at radius 3 is 2.82 bits per heavy atom. The summed E-state index contributed by atoms with van der Waals surface area (Å²) < 4.78 is 15.9. The number of hydrogen-bond donors (Lipinski definition) is 1. The largest absolute Gasteiger partial charge is 0.383 e. The Morgan fingerprint density at radius 1 is 1.53 bits per heavy atom. The minimum atomic E-state index is -0.235. The first-order valence-electron chi connectivity index (χ1n) is 5.37. The van der Waals surface area contributed by atoms with Crippen LogP contribution < -0.4 is 5.73 Å². The highest BCUT2D eigenvalue weighted by Gasteiger charge is 2.16. The van der Waals surface area contributed by atoms with Crippen LogP contribution in [0.4, 0.5) is 10.2 Å². The van der Waals surface area contributed by atoms with Crippen molar-refractivity contribution in [3.63, 3.8) is 0 Å². The average Bonchev–Trinajstić information content (AvgIpc) is 2.63. The molecule has 0 saturated carbocycles. The second kappa shape index (κ2) is 5.03. The van der Waals surface area contributed by atoms with Crippen LogP contribution in [0, 0.1) is 9.39 Å². The zero-order valence-electron chi connectivity index (χ0n) is 9.40. The molecule has 0 fully saturated rings. The third-order valence-electron chi connectivity index (χ3n) is 2.70. The first-order valence-corrected chi connectivity index (χ1v) is 6.45. The number of nitrogens with two attached hydrogens (primary N) is 1. The summed E-state index contributed by atoms with van der Waals surface area (Å²) in [6, 6.07) is 6.55. The van der Waals surface area contributed by atoms with Crippen molar-refractivity contribution in [1.29, 1.82) is 0 Å². The van der Waals surface area contributed by atoms with Gasteiger partial charge in [0.15, 0.2) is 0 Å². The third kappa shape index (κ3) is 2.43. The molecule has 2 N–H and O–H groups in total. The molecule has 0 saturated heterocycles. The van der Waals surface area contributed by atoms with Gasteiger partial charge in [0.25, 0.3) is 0 Å². The summed E-state index contributed by atoms with van der Waals surface area (Å²) in [6.45, 7) is 2.03. The number of anilines is 1. The molecule has 90 valence electrons. The second-order valence-corrected chi connectivity index (χ2v) is 4.96. The highest BCUT2D eigenvalue weighted by molar-refractivity contribution is 14.1. The molecule has 2 rings (SSSR count). The zero-order chi connectivity index (χ0) is 12.4. The number of halogens is 2. The lowest BCUT2D eigenvalue weighted by molar-refractivity contribution is 0.511. The van der Waals surface area contributed by atoms with Crippen LogP contribution in [0.5, 0.6) is 0 Å². The summed E-state index contributed by atoms with van der Waals surface area (Å²) in [5.74, 6) is 0.392. The van der Waals surface area contributed by atoms with Crippen LogP contribution >= 0.6 is 22.6 Å². The van der Waals surface area contributed by atoms with Crippen LogP contribution in [-0.4, -0.2) is 9.78 Å². The average molecular weight is 345 g/mol. The molecule has 5 heteroatoms. The smallest absolute Gasteiger partial charge is 0.135 e. The molecule has 0 aliphatic carbocycles. The predicted molar refractivity (Wildman–Crippen MR) is 74.2 cm³/mol. The Balaban J connectivity index is 2.44. The van der Waals surface area contributed by atoms with Crippen LogP contribution in [0.1, 0.15) is 24.9 Å². The Labute approximate surface area is 113 Å². The summed E-state index contributed by atoms with van der Waals surface area (Å²) >= 11 is 2.14. The Hall–Kier alpha value is -1.11. The van der Waals surface area contributed by atoms with Gasteiger partial charge in [-0.2, -0.15) is 5.10 Å². The zero-order valence-corrected chi connectivity index (χ0v) is 11.6. The monoisotopic (exact) mass is 345 g/mol. The summed E-state index contributed by atoms with van der Waals surface area (Å²) in [5.41, 5.74) is 6.84. The topological polar surface area (TPSA) is 43.8 Å². The van der Waals surface area contributed by atoms with Gasteiger partial charge in [-0.3, -0.25) is 0 Å². The lowest BCUT2D eigenvalue weighted by atomic mass is 10.0. The van der Waals surface area contributed by atoms with E-state index in [9.17, 15) is 4.39 Å². The summed E-state index contributed by atoms with van der Waals surface area (Å²) in [4.78, 5) is 0. The molecule has 0 amide bonds. The van der Waals surface area contributed by atoms with Gasteiger partial charge in [-0.15, -0.1) is 0 Å². The minimum absolute atomic E-state index is 0.0192. The van der Waals surface area contributed by atoms with E-state index in [1.54, 1.807) is 16.9 Å². The Bertz CT molecular complexity index is 524. The molecular formula is C12H13FIN3. The second-order valence-electron chi connectivity index (χ2n) is 3.80. The Kier molecular flexibility index (Phi) is 3.66. The molecule has 1 aromatic heterocycles. The molecule has 0 bridgehead atoms. The van der Waals surface area contributed by atoms with E-state index in [0.717, 1.165) is 15.6 Å². The molecule has 17 heavy (non-hydrogen) atoms. The van der Waals surface area contributed by atoms with Crippen molar-refractivity contribution < 1.29 is 4.39 Å². The van der Waals surface area contributed by atoms with Gasteiger partial charge in [-0.1, -0.05) is 19.1 Å². The van der Waals surface area contributed by atoms with E-state index in [4.69, 9.17) is 5.73 Å². The van der Waals surface area contributed by atoms with Gasteiger partial charge in [0.1, 0.15) is 11.6 Å². The minimum Gasteiger partial charge on any atom is -0.383 e. The number of nitrogen functional groups attached to an aromatic ring is 1. The maximum absolute atomic E-state index is 13.2. The van der Waals surface area contributed by atoms with Crippen molar-refractivity contribution in [2.45, 2.75) is 19.4 Å². The fourth-order valence-corrected chi connectivity index (χ4v) is 2.23. The number of benzene rings is 1. The molecule has 1 unspecified atom stereocenters. The number of nitrogens with zero attached hydrogens (tertiary/aromatic N) is 2. The van der Waals surface area contributed by atoms with Crippen molar-refractivity contribution in [2.24, 2.45) is 0 Å². The third-order valence-corrected chi connectivity index (χ3v) is 3.53. The van der Waals surface area contributed by atoms with Gasteiger partial charge >= 0.3 is 0 Å². The molecule has 0 aliphatic rings. The number of hydrogen-bond acceptors (Lipinski definition) is 2. The molecule has 1 atom stereocenters. The first kappa shape index (κ1) is 12.3. The molecule has 2 aromatic rings. The molecule has 1 aromatic carbocycles. The highest BCUT2D eigenvalue weighted by Crippen LogP contribution is 2.26. The summed E-state index contributed by atoms with van der Waals surface area (Å²) in [7, 11) is 0. The Morgan fingerprint density at radius 2 is 2.29 bits per heavy atom. The van der Waals surface area contributed by atoms with Crippen molar-refractivity contribution in [3.8, 4) is 0 Å². The van der Waals surface area contributed by atoms with Crippen LogP contribution in [0.2, 0.25) is 0 Å². The van der Waals surface area contributed by atoms with Crippen molar-refractivity contribution in [3.05, 3.63) is 45.4 Å². The normalized spacial score (nSPS) is 12.6. The van der Waals surface area contributed by atoms with Gasteiger partial charge in [-0.25, -0.2) is 9.07 Å². The molecular weight excluding hydrogens is 332 g/mol. The maximum atomic E-state index is 13.2. The molecule has 3 nitrogen and oxygen atoms in total. The fourth-order valence-electron chi connectivity index (χ4n) is 1.86. The van der Waals surface area contributed by atoms with Crippen molar-refractivity contribution in [2.75, 3.05) is 5.73 Å². The van der Waals surface area contributed by atoms with Gasteiger partial charge in [0.2, 0.25) is 0 Å². The lowest BCUT2D eigenvalue weighted by Crippen LogP contribution is -2.14. The lowest BCUT2D eigenvalue weighted by Gasteiger charge is -2.17. The van der Waals surface area contributed by atoms with Gasteiger partial charge in [0.05, 0.1) is 15.8 Å². The molecule has 1 heterocycles. The van der Waals surface area contributed by atoms with Crippen LogP contribution in [0.3, 0.4) is 0 Å². The quantitative estimate of drug-likeness (QED) is 0.869. The van der Waals surface area contributed by atoms with Crippen LogP contribution in [0.15, 0.2) is 30.5 Å². The predicted octanol–water partition coefficient (Wildman–Crippen LogP) is 3.21. The maximum Gasteiger partial charge on any atom is 0.135 e. The van der Waals surface area contributed by atoms with E-state index in [1.807, 2.05) is 13.0 Å². The first-order chi connectivity index (χ1) is 8.13. The van der Waals surface area contributed by atoms with Crippen LogP contribution in [0.25, 0.3) is 0 Å². The van der Waals surface area contributed by atoms with Crippen molar-refractivity contribution >= 4 is 28.4 Å². The van der Waals surface area contributed by atoms with Gasteiger partial charge < -0.3 is 5.73 Å². The van der Waals surface area contributed by atoms with E-state index in [2.05, 4.69) is 27.7 Å². The number of aromatic nitrogens is 2. The standard InChI is InChI=1S/C12H13FIN3/c1-2-11(8-4-3-5-9(13)6-8)17-12(15)10(14)7-16-17/h3-7,11H,2,15H2,1H3. The number of rotatable bonds is 3. The van der Waals surface area contributed by atoms with E-state index in [1.165, 1.54) is 12.1 Å². The molecule has 0 radical (unpaired) electrons. The van der Waals surface area contributed by atoms with E-state index >= 15 is 0 Å². The SMILES string of the molecule is CCC(c1cccc(F)c1)n1ncc(I)c1N. The summed E-state index contributed by atoms with van der Waals surface area (Å²) in [5, 5.41) is 4.25. The van der Waals surface area contributed by atoms with Gasteiger partial charge in [0, 0.05) is 0 Å². The van der Waals surface area contributed by atoms with E-state index < -0.39 is 0 Å². The van der Waals surface area contributed by atoms with Crippen molar-refractivity contribution in [1.82, 2.24) is 9.78 Å². The highest BCUT2D eigenvalue weighted by atomic mass is 127. The summed E-state index contributed by atoms with van der Waals surface area (Å²) in [6.07, 6.45) is 2.53. The van der Waals surface area contributed by atoms with E-state index in [0.29, 0.717) is 5.82 Å². The van der Waals surface area contributed by atoms with Gasteiger partial charge in [-0.05, 0) is 46.7 Å².